The first kappa shape index (κ1) is 19.5. The van der Waals surface area contributed by atoms with E-state index in [1.54, 1.807) is 6.07 Å². The van der Waals surface area contributed by atoms with E-state index < -0.39 is 17.5 Å². The van der Waals surface area contributed by atoms with Crippen LogP contribution in [0.5, 0.6) is 0 Å². The van der Waals surface area contributed by atoms with Crippen LogP contribution in [0.3, 0.4) is 0 Å². The average Bonchev–Trinajstić information content (AvgIpc) is 2.66. The summed E-state index contributed by atoms with van der Waals surface area (Å²) < 4.78 is 50.4. The highest BCUT2D eigenvalue weighted by Gasteiger charge is 2.50. The van der Waals surface area contributed by atoms with Gasteiger partial charge in [-0.2, -0.15) is 13.2 Å². The van der Waals surface area contributed by atoms with E-state index in [1.807, 2.05) is 11.8 Å². The van der Waals surface area contributed by atoms with Crippen molar-refractivity contribution in [2.24, 2.45) is 0 Å². The first-order valence-electron chi connectivity index (χ1n) is 9.05. The third kappa shape index (κ3) is 3.61. The van der Waals surface area contributed by atoms with Crippen LogP contribution in [0.4, 0.5) is 18.9 Å². The molecule has 1 unspecified atom stereocenters. The first-order valence-corrected chi connectivity index (χ1v) is 9.05. The normalized spacial score (nSPS) is 20.7. The van der Waals surface area contributed by atoms with Gasteiger partial charge in [-0.1, -0.05) is 11.8 Å². The van der Waals surface area contributed by atoms with Gasteiger partial charge in [-0.25, -0.2) is 0 Å². The molecule has 0 amide bonds. The number of nitrogens with one attached hydrogen (secondary N) is 1. The quantitative estimate of drug-likeness (QED) is 0.737. The van der Waals surface area contributed by atoms with Crippen molar-refractivity contribution in [1.82, 2.24) is 9.97 Å². The standard InChI is InChI=1S/C20H18F3N3O3/c1-13-19(11-28-12-19)29-8-7-26(13)16-9-14(10-25-18(16)27)4-5-15-3-2-6-24-17(15)20(21,22)23/h2-3,6,9-10,13H,7-8,11-12H2,1H3,(H,25,27). The minimum Gasteiger partial charge on any atom is -0.375 e. The van der Waals surface area contributed by atoms with Gasteiger partial charge in [0.25, 0.3) is 5.56 Å². The number of H-pyrrole nitrogens is 1. The second-order valence-electron chi connectivity index (χ2n) is 7.03. The molecule has 0 bridgehead atoms. The Morgan fingerprint density at radius 2 is 2.14 bits per heavy atom. The molecule has 0 radical (unpaired) electrons. The molecule has 2 fully saturated rings. The summed E-state index contributed by atoms with van der Waals surface area (Å²) >= 11 is 0. The molecule has 0 saturated carbocycles. The molecule has 1 atom stereocenters. The molecule has 0 aromatic carbocycles. The second kappa shape index (κ2) is 7.21. The fourth-order valence-electron chi connectivity index (χ4n) is 3.53. The molecule has 9 heteroatoms. The van der Waals surface area contributed by atoms with E-state index in [0.717, 1.165) is 6.20 Å². The van der Waals surface area contributed by atoms with Gasteiger partial charge in [-0.05, 0) is 25.1 Å². The first-order chi connectivity index (χ1) is 13.8. The number of morpholine rings is 1. The lowest BCUT2D eigenvalue weighted by atomic mass is 9.90. The summed E-state index contributed by atoms with van der Waals surface area (Å²) in [6.45, 7) is 3.86. The van der Waals surface area contributed by atoms with Gasteiger partial charge in [-0.15, -0.1) is 0 Å². The number of hydrogen-bond donors (Lipinski definition) is 1. The molecule has 2 aliphatic heterocycles. The van der Waals surface area contributed by atoms with Crippen LogP contribution >= 0.6 is 0 Å². The highest BCUT2D eigenvalue weighted by atomic mass is 19.4. The molecule has 2 aliphatic rings. The number of pyridine rings is 2. The molecule has 2 aromatic heterocycles. The fourth-order valence-corrected chi connectivity index (χ4v) is 3.53. The molecule has 6 nitrogen and oxygen atoms in total. The molecule has 4 rings (SSSR count). The predicted molar refractivity (Wildman–Crippen MR) is 98.6 cm³/mol. The number of halogens is 3. The highest BCUT2D eigenvalue weighted by Crippen LogP contribution is 2.34. The smallest absolute Gasteiger partial charge is 0.375 e. The Kier molecular flexibility index (Phi) is 4.84. The topological polar surface area (TPSA) is 67.5 Å². The summed E-state index contributed by atoms with van der Waals surface area (Å²) in [5.74, 6) is 5.22. The van der Waals surface area contributed by atoms with Crippen LogP contribution in [0.1, 0.15) is 23.7 Å². The summed E-state index contributed by atoms with van der Waals surface area (Å²) in [6.07, 6.45) is -2.13. The van der Waals surface area contributed by atoms with E-state index in [4.69, 9.17) is 9.47 Å². The number of hydrogen-bond acceptors (Lipinski definition) is 5. The van der Waals surface area contributed by atoms with Crippen molar-refractivity contribution in [1.29, 1.82) is 0 Å². The maximum Gasteiger partial charge on any atom is 0.434 e. The molecule has 152 valence electrons. The van der Waals surface area contributed by atoms with E-state index in [2.05, 4.69) is 21.8 Å². The minimum atomic E-state index is -4.59. The van der Waals surface area contributed by atoms with Crippen molar-refractivity contribution >= 4 is 5.69 Å². The van der Waals surface area contributed by atoms with Crippen LogP contribution in [0.2, 0.25) is 0 Å². The Hall–Kier alpha value is -2.83. The Morgan fingerprint density at radius 1 is 1.34 bits per heavy atom. The lowest BCUT2D eigenvalue weighted by molar-refractivity contribution is -0.228. The Morgan fingerprint density at radius 3 is 2.83 bits per heavy atom. The van der Waals surface area contributed by atoms with Crippen molar-refractivity contribution in [3.63, 3.8) is 0 Å². The molecule has 0 aliphatic carbocycles. The Labute approximate surface area is 164 Å². The molecular weight excluding hydrogens is 387 g/mol. The van der Waals surface area contributed by atoms with Crippen LogP contribution in [-0.2, 0) is 15.7 Å². The van der Waals surface area contributed by atoms with Gasteiger partial charge in [0.15, 0.2) is 5.69 Å². The SMILES string of the molecule is CC1N(c2cc(C#Cc3cccnc3C(F)(F)F)c[nH]c2=O)CCOC12COC2. The summed E-state index contributed by atoms with van der Waals surface area (Å²) in [5, 5.41) is 0. The zero-order valence-electron chi connectivity index (χ0n) is 15.5. The molecule has 4 heterocycles. The summed E-state index contributed by atoms with van der Waals surface area (Å²) in [6, 6.07) is 4.15. The third-order valence-corrected chi connectivity index (χ3v) is 5.25. The van der Waals surface area contributed by atoms with Crippen molar-refractivity contribution in [2.45, 2.75) is 24.7 Å². The van der Waals surface area contributed by atoms with Crippen LogP contribution in [0, 0.1) is 11.8 Å². The number of anilines is 1. The average molecular weight is 405 g/mol. The number of ether oxygens (including phenoxy) is 2. The maximum atomic E-state index is 13.1. The van der Waals surface area contributed by atoms with Crippen molar-refractivity contribution in [3.05, 3.63) is 57.8 Å². The lowest BCUT2D eigenvalue weighted by Crippen LogP contribution is -2.68. The monoisotopic (exact) mass is 405 g/mol. The van der Waals surface area contributed by atoms with E-state index in [1.165, 1.54) is 18.3 Å². The van der Waals surface area contributed by atoms with Crippen molar-refractivity contribution in [2.75, 3.05) is 31.3 Å². The summed E-state index contributed by atoms with van der Waals surface area (Å²) in [7, 11) is 0. The predicted octanol–water partition coefficient (Wildman–Crippen LogP) is 2.18. The van der Waals surface area contributed by atoms with E-state index in [-0.39, 0.29) is 17.2 Å². The molecule has 1 spiro atoms. The van der Waals surface area contributed by atoms with Gasteiger partial charge in [0.2, 0.25) is 0 Å². The minimum absolute atomic E-state index is 0.0931. The maximum absolute atomic E-state index is 13.1. The van der Waals surface area contributed by atoms with Gasteiger partial charge >= 0.3 is 6.18 Å². The van der Waals surface area contributed by atoms with Crippen molar-refractivity contribution in [3.8, 4) is 11.8 Å². The Balaban J connectivity index is 1.66. The van der Waals surface area contributed by atoms with Gasteiger partial charge in [-0.3, -0.25) is 9.78 Å². The van der Waals surface area contributed by atoms with Crippen LogP contribution in [0.15, 0.2) is 35.4 Å². The molecule has 2 aromatic rings. The highest BCUT2D eigenvalue weighted by molar-refractivity contribution is 5.53. The fraction of sp³-hybridized carbons (Fsp3) is 0.400. The zero-order valence-corrected chi connectivity index (χ0v) is 15.5. The number of alkyl halides is 3. The van der Waals surface area contributed by atoms with Crippen LogP contribution in [0.25, 0.3) is 0 Å². The van der Waals surface area contributed by atoms with Gasteiger partial charge in [0.1, 0.15) is 11.3 Å². The number of aromatic nitrogens is 2. The lowest BCUT2D eigenvalue weighted by Gasteiger charge is -2.53. The van der Waals surface area contributed by atoms with E-state index in [0.29, 0.717) is 37.6 Å². The second-order valence-corrected chi connectivity index (χ2v) is 7.03. The van der Waals surface area contributed by atoms with Crippen molar-refractivity contribution < 1.29 is 22.6 Å². The van der Waals surface area contributed by atoms with Gasteiger partial charge in [0.05, 0.1) is 31.4 Å². The van der Waals surface area contributed by atoms with Gasteiger partial charge in [0, 0.05) is 24.5 Å². The van der Waals surface area contributed by atoms with Crippen LogP contribution < -0.4 is 10.5 Å². The molecule has 29 heavy (non-hydrogen) atoms. The zero-order chi connectivity index (χ0) is 20.6. The number of rotatable bonds is 1. The van der Waals surface area contributed by atoms with E-state index >= 15 is 0 Å². The summed E-state index contributed by atoms with van der Waals surface area (Å²) in [4.78, 5) is 20.4. The van der Waals surface area contributed by atoms with Gasteiger partial charge < -0.3 is 19.4 Å². The third-order valence-electron chi connectivity index (χ3n) is 5.25. The Bertz CT molecular complexity index is 1030. The molecular formula is C20H18F3N3O3. The van der Waals surface area contributed by atoms with Crippen LogP contribution in [-0.4, -0.2) is 48.0 Å². The summed E-state index contributed by atoms with van der Waals surface area (Å²) in [5.41, 5.74) is -1.19. The molecule has 1 N–H and O–H groups in total. The van der Waals surface area contributed by atoms with E-state index in [9.17, 15) is 18.0 Å². The number of nitrogens with zero attached hydrogens (tertiary/aromatic N) is 2. The number of aromatic amines is 1. The molecule has 2 saturated heterocycles. The largest absolute Gasteiger partial charge is 0.434 e.